The highest BCUT2D eigenvalue weighted by Crippen LogP contribution is 1.64. The van der Waals surface area contributed by atoms with Crippen molar-refractivity contribution >= 4 is 5.91 Å². The van der Waals surface area contributed by atoms with E-state index in [0.29, 0.717) is 0 Å². The topological polar surface area (TPSA) is 87.4 Å². The van der Waals surface area contributed by atoms with Crippen LogP contribution in [0.3, 0.4) is 0 Å². The van der Waals surface area contributed by atoms with Crippen LogP contribution in [0.2, 0.25) is 0 Å². The molecule has 0 aromatic heterocycles. The molecule has 0 fully saturated rings. The van der Waals surface area contributed by atoms with Gasteiger partial charge in [0.05, 0.1) is 6.17 Å². The zero-order chi connectivity index (χ0) is 7.28. The van der Waals surface area contributed by atoms with Crippen LogP contribution in [0.1, 0.15) is 6.92 Å². The Kier molecular flexibility index (Phi) is 3.94. The molecule has 1 unspecified atom stereocenters. The molecule has 0 saturated carbocycles. The van der Waals surface area contributed by atoms with E-state index in [-0.39, 0.29) is 12.5 Å². The molecule has 0 aliphatic carbocycles. The predicted molar refractivity (Wildman–Crippen MR) is 31.6 cm³/mol. The van der Waals surface area contributed by atoms with Gasteiger partial charge in [-0.25, -0.2) is 0 Å². The van der Waals surface area contributed by atoms with E-state index in [2.05, 4.69) is 5.32 Å². The fourth-order valence-electron chi connectivity index (χ4n) is 0.299. The van der Waals surface area contributed by atoms with Gasteiger partial charge in [0, 0.05) is 13.5 Å². The third-order valence-corrected chi connectivity index (χ3v) is 0.737. The van der Waals surface area contributed by atoms with Gasteiger partial charge in [-0.2, -0.15) is 5.48 Å². The molecule has 5 N–H and O–H groups in total. The monoisotopic (exact) mass is 133 g/mol. The highest BCUT2D eigenvalue weighted by molar-refractivity contribution is 5.72. The summed E-state index contributed by atoms with van der Waals surface area (Å²) in [4.78, 5) is 10.2. The number of hydrogen-bond acceptors (Lipinski definition) is 4. The summed E-state index contributed by atoms with van der Waals surface area (Å²) in [6.07, 6.45) is -0.589. The van der Waals surface area contributed by atoms with Gasteiger partial charge in [0.25, 0.3) is 0 Å². The number of amides is 1. The summed E-state index contributed by atoms with van der Waals surface area (Å²) < 4.78 is 0. The van der Waals surface area contributed by atoms with E-state index in [4.69, 9.17) is 10.9 Å². The van der Waals surface area contributed by atoms with Gasteiger partial charge in [-0.3, -0.25) is 4.79 Å². The number of nitrogens with one attached hydrogen (secondary N) is 2. The fourth-order valence-corrected chi connectivity index (χ4v) is 0.299. The Morgan fingerprint density at radius 1 is 1.89 bits per heavy atom. The molecule has 0 aromatic rings. The van der Waals surface area contributed by atoms with Gasteiger partial charge in [-0.05, 0) is 0 Å². The lowest BCUT2D eigenvalue weighted by Crippen LogP contribution is -2.44. The van der Waals surface area contributed by atoms with Crippen molar-refractivity contribution in [1.29, 1.82) is 0 Å². The van der Waals surface area contributed by atoms with E-state index in [1.54, 1.807) is 5.48 Å². The molecule has 0 aliphatic heterocycles. The Hall–Kier alpha value is -0.650. The largest absolute Gasteiger partial charge is 0.353 e. The lowest BCUT2D eigenvalue weighted by atomic mass is 10.5. The maximum Gasteiger partial charge on any atom is 0.216 e. The minimum atomic E-state index is -0.589. The Balaban J connectivity index is 3.16. The second kappa shape index (κ2) is 4.25. The van der Waals surface area contributed by atoms with E-state index in [1.165, 1.54) is 6.92 Å². The van der Waals surface area contributed by atoms with Crippen LogP contribution in [-0.2, 0) is 4.79 Å². The molecule has 1 amide bonds. The van der Waals surface area contributed by atoms with Crippen molar-refractivity contribution in [2.75, 3.05) is 6.54 Å². The number of carbonyl (C=O) groups excluding carboxylic acids is 1. The maximum absolute atomic E-state index is 10.2. The summed E-state index contributed by atoms with van der Waals surface area (Å²) in [6, 6.07) is 0. The molecule has 5 nitrogen and oxygen atoms in total. The molecular weight excluding hydrogens is 122 g/mol. The van der Waals surface area contributed by atoms with Crippen LogP contribution in [0, 0.1) is 0 Å². The predicted octanol–water partition coefficient (Wildman–Crippen LogP) is -1.61. The molecule has 0 spiro atoms. The van der Waals surface area contributed by atoms with Gasteiger partial charge < -0.3 is 16.3 Å². The van der Waals surface area contributed by atoms with Crippen molar-refractivity contribution in [3.8, 4) is 0 Å². The number of carbonyl (C=O) groups is 1. The molecule has 9 heavy (non-hydrogen) atoms. The molecule has 0 radical (unpaired) electrons. The van der Waals surface area contributed by atoms with E-state index < -0.39 is 6.17 Å². The molecule has 0 aromatic carbocycles. The Morgan fingerprint density at radius 3 is 2.78 bits per heavy atom. The van der Waals surface area contributed by atoms with Crippen LogP contribution >= 0.6 is 0 Å². The van der Waals surface area contributed by atoms with Crippen molar-refractivity contribution in [2.24, 2.45) is 5.73 Å². The van der Waals surface area contributed by atoms with Crippen molar-refractivity contribution in [3.05, 3.63) is 0 Å². The van der Waals surface area contributed by atoms with Crippen LogP contribution in [0.5, 0.6) is 0 Å². The third kappa shape index (κ3) is 5.22. The zero-order valence-corrected chi connectivity index (χ0v) is 5.22. The van der Waals surface area contributed by atoms with Gasteiger partial charge in [-0.15, -0.1) is 0 Å². The molecular formula is C4H11N3O2. The summed E-state index contributed by atoms with van der Waals surface area (Å²) >= 11 is 0. The molecule has 1 atom stereocenters. The number of hydroxylamine groups is 1. The second-order valence-electron chi connectivity index (χ2n) is 1.67. The van der Waals surface area contributed by atoms with Gasteiger partial charge in [0.2, 0.25) is 5.91 Å². The third-order valence-electron chi connectivity index (χ3n) is 0.737. The minimum Gasteiger partial charge on any atom is -0.353 e. The van der Waals surface area contributed by atoms with Crippen molar-refractivity contribution in [3.63, 3.8) is 0 Å². The van der Waals surface area contributed by atoms with Crippen LogP contribution in [0.4, 0.5) is 0 Å². The summed E-state index contributed by atoms with van der Waals surface area (Å²) in [6.45, 7) is 1.61. The number of rotatable bonds is 3. The van der Waals surface area contributed by atoms with E-state index in [0.717, 1.165) is 0 Å². The first-order valence-electron chi connectivity index (χ1n) is 2.56. The van der Waals surface area contributed by atoms with Crippen molar-refractivity contribution in [2.45, 2.75) is 13.1 Å². The fraction of sp³-hybridized carbons (Fsp3) is 0.750. The molecule has 0 saturated heterocycles. The Labute approximate surface area is 53.2 Å². The first-order valence-corrected chi connectivity index (χ1v) is 2.56. The number of nitrogens with two attached hydrogens (primary N) is 1. The van der Waals surface area contributed by atoms with E-state index in [9.17, 15) is 4.79 Å². The Morgan fingerprint density at radius 2 is 2.44 bits per heavy atom. The zero-order valence-electron chi connectivity index (χ0n) is 5.22. The van der Waals surface area contributed by atoms with Crippen LogP contribution in [0.15, 0.2) is 0 Å². The quantitative estimate of drug-likeness (QED) is 0.275. The molecule has 0 aliphatic rings. The van der Waals surface area contributed by atoms with E-state index >= 15 is 0 Å². The minimum absolute atomic E-state index is 0.166. The second-order valence-corrected chi connectivity index (χ2v) is 1.67. The van der Waals surface area contributed by atoms with Crippen molar-refractivity contribution in [1.82, 2.24) is 10.8 Å². The van der Waals surface area contributed by atoms with Crippen molar-refractivity contribution < 1.29 is 10.0 Å². The van der Waals surface area contributed by atoms with Crippen LogP contribution in [-0.4, -0.2) is 23.8 Å². The maximum atomic E-state index is 10.2. The standard InChI is InChI=1S/C4H11N3O2/c1-3(8)6-2-4(5)7-9/h4,7,9H,2,5H2,1H3,(H,6,8). The van der Waals surface area contributed by atoms with Crippen LogP contribution < -0.4 is 16.5 Å². The summed E-state index contributed by atoms with van der Waals surface area (Å²) in [5, 5.41) is 10.5. The molecule has 0 rings (SSSR count). The highest BCUT2D eigenvalue weighted by atomic mass is 16.5. The molecule has 5 heteroatoms. The average Bonchev–Trinajstić information content (AvgIpc) is 1.83. The SMILES string of the molecule is CC(=O)NCC(N)NO. The smallest absolute Gasteiger partial charge is 0.216 e. The number of hydrogen-bond donors (Lipinski definition) is 4. The highest BCUT2D eigenvalue weighted by Gasteiger charge is 1.97. The van der Waals surface area contributed by atoms with Crippen LogP contribution in [0.25, 0.3) is 0 Å². The summed E-state index contributed by atoms with van der Waals surface area (Å²) in [5.74, 6) is -0.166. The van der Waals surface area contributed by atoms with E-state index in [1.807, 2.05) is 0 Å². The van der Waals surface area contributed by atoms with Gasteiger partial charge in [0.15, 0.2) is 0 Å². The summed E-state index contributed by atoms with van der Waals surface area (Å²) in [7, 11) is 0. The normalized spacial score (nSPS) is 12.8. The van der Waals surface area contributed by atoms with Gasteiger partial charge >= 0.3 is 0 Å². The lowest BCUT2D eigenvalue weighted by molar-refractivity contribution is -0.119. The Bertz CT molecular complexity index is 95.8. The first kappa shape index (κ1) is 8.35. The molecule has 0 heterocycles. The lowest BCUT2D eigenvalue weighted by Gasteiger charge is -2.07. The van der Waals surface area contributed by atoms with Gasteiger partial charge in [0.1, 0.15) is 0 Å². The first-order chi connectivity index (χ1) is 4.16. The van der Waals surface area contributed by atoms with Gasteiger partial charge in [-0.1, -0.05) is 0 Å². The summed E-state index contributed by atoms with van der Waals surface area (Å²) in [5.41, 5.74) is 6.93. The molecule has 0 bridgehead atoms. The average molecular weight is 133 g/mol. The molecule has 54 valence electrons.